The molecule has 10 nitrogen and oxygen atoms in total. The fourth-order valence-corrected chi connectivity index (χ4v) is 3.99. The second-order valence-corrected chi connectivity index (χ2v) is 9.53. The minimum Gasteiger partial charge on any atom is -0.453 e. The van der Waals surface area contributed by atoms with Crippen LogP contribution >= 0.6 is 0 Å². The number of nitriles is 1. The number of anilines is 2. The standard InChI is InChI=1S/C33H28N6O4/c1-39(2)32(40)24-12-9-15-26(19-24)42-31-29(35)30(36-21-22-10-5-3-6-11-22)37-33(38-31)43-28-18-23(20-34)16-17-27(28)41-25-13-7-4-8-14-25/h3-19H,21,35H2,1-2H3,(H,36,37,38). The van der Waals surface area contributed by atoms with Crippen molar-refractivity contribution in [2.45, 2.75) is 6.54 Å². The minimum absolute atomic E-state index is 0.0111. The van der Waals surface area contributed by atoms with E-state index >= 15 is 0 Å². The van der Waals surface area contributed by atoms with E-state index in [1.807, 2.05) is 48.5 Å². The van der Waals surface area contributed by atoms with E-state index in [1.54, 1.807) is 62.6 Å². The summed E-state index contributed by atoms with van der Waals surface area (Å²) in [6.45, 7) is 0.417. The topological polar surface area (TPSA) is 136 Å². The van der Waals surface area contributed by atoms with E-state index in [4.69, 9.17) is 19.9 Å². The second-order valence-electron chi connectivity index (χ2n) is 9.53. The van der Waals surface area contributed by atoms with Crippen LogP contribution in [0.5, 0.6) is 34.9 Å². The van der Waals surface area contributed by atoms with Crippen molar-refractivity contribution < 1.29 is 19.0 Å². The van der Waals surface area contributed by atoms with Crippen molar-refractivity contribution in [1.29, 1.82) is 5.26 Å². The number of hydrogen-bond acceptors (Lipinski definition) is 9. The van der Waals surface area contributed by atoms with Gasteiger partial charge in [0, 0.05) is 32.3 Å². The Hall–Kier alpha value is -6.08. The van der Waals surface area contributed by atoms with Crippen molar-refractivity contribution in [1.82, 2.24) is 14.9 Å². The Morgan fingerprint density at radius 3 is 2.28 bits per heavy atom. The maximum absolute atomic E-state index is 12.5. The lowest BCUT2D eigenvalue weighted by Crippen LogP contribution is -2.21. The van der Waals surface area contributed by atoms with Gasteiger partial charge in [-0.1, -0.05) is 54.6 Å². The molecule has 0 bridgehead atoms. The molecule has 0 saturated carbocycles. The molecular formula is C33H28N6O4. The van der Waals surface area contributed by atoms with Crippen molar-refractivity contribution >= 4 is 17.4 Å². The van der Waals surface area contributed by atoms with Gasteiger partial charge in [-0.05, 0) is 48.0 Å². The smallest absolute Gasteiger partial charge is 0.327 e. The fraction of sp³-hybridized carbons (Fsp3) is 0.0909. The van der Waals surface area contributed by atoms with Crippen molar-refractivity contribution in [3.63, 3.8) is 0 Å². The number of ether oxygens (including phenoxy) is 3. The number of aromatic nitrogens is 2. The van der Waals surface area contributed by atoms with Crippen LogP contribution in [0.1, 0.15) is 21.5 Å². The highest BCUT2D eigenvalue weighted by molar-refractivity contribution is 5.94. The lowest BCUT2D eigenvalue weighted by molar-refractivity contribution is 0.0827. The summed E-state index contributed by atoms with van der Waals surface area (Å²) in [6.07, 6.45) is 0. The van der Waals surface area contributed by atoms with Gasteiger partial charge in [-0.2, -0.15) is 15.2 Å². The van der Waals surface area contributed by atoms with Crippen LogP contribution in [0, 0.1) is 11.3 Å². The molecule has 1 aromatic heterocycles. The summed E-state index contributed by atoms with van der Waals surface area (Å²) in [6, 6.07) is 32.4. The summed E-state index contributed by atoms with van der Waals surface area (Å²) in [4.78, 5) is 22.9. The van der Waals surface area contributed by atoms with Gasteiger partial charge in [0.2, 0.25) is 0 Å². The molecule has 0 aliphatic heterocycles. The largest absolute Gasteiger partial charge is 0.453 e. The summed E-state index contributed by atoms with van der Waals surface area (Å²) in [7, 11) is 3.34. The number of rotatable bonds is 10. The predicted molar refractivity (Wildman–Crippen MR) is 162 cm³/mol. The monoisotopic (exact) mass is 572 g/mol. The number of nitrogens with two attached hydrogens (primary N) is 1. The minimum atomic E-state index is -0.182. The van der Waals surface area contributed by atoms with E-state index < -0.39 is 0 Å². The van der Waals surface area contributed by atoms with Gasteiger partial charge in [0.15, 0.2) is 17.3 Å². The fourth-order valence-electron chi connectivity index (χ4n) is 3.99. The summed E-state index contributed by atoms with van der Waals surface area (Å²) in [5.74, 6) is 1.59. The summed E-state index contributed by atoms with van der Waals surface area (Å²) >= 11 is 0. The molecule has 4 aromatic carbocycles. The Kier molecular flexibility index (Phi) is 8.64. The van der Waals surface area contributed by atoms with Crippen LogP contribution in [-0.4, -0.2) is 34.9 Å². The third-order valence-electron chi connectivity index (χ3n) is 6.14. The molecule has 5 aromatic rings. The number of nitrogens with zero attached hydrogens (tertiary/aromatic N) is 4. The number of nitrogen functional groups attached to an aromatic ring is 1. The zero-order valence-corrected chi connectivity index (χ0v) is 23.5. The first kappa shape index (κ1) is 28.4. The normalized spacial score (nSPS) is 10.3. The Morgan fingerprint density at radius 1 is 0.837 bits per heavy atom. The molecule has 43 heavy (non-hydrogen) atoms. The number of amides is 1. The highest BCUT2D eigenvalue weighted by atomic mass is 16.5. The van der Waals surface area contributed by atoms with Crippen molar-refractivity contribution in [3.05, 3.63) is 120 Å². The van der Waals surface area contributed by atoms with Crippen LogP contribution in [0.3, 0.4) is 0 Å². The molecule has 0 unspecified atom stereocenters. The van der Waals surface area contributed by atoms with Crippen LogP contribution < -0.4 is 25.3 Å². The molecule has 5 rings (SSSR count). The lowest BCUT2D eigenvalue weighted by Gasteiger charge is -2.16. The number of carbonyl (C=O) groups excluding carboxylic acids is 1. The number of benzene rings is 4. The molecule has 0 atom stereocenters. The van der Waals surface area contributed by atoms with Crippen molar-refractivity contribution in [2.24, 2.45) is 0 Å². The Bertz CT molecular complexity index is 1770. The van der Waals surface area contributed by atoms with Crippen LogP contribution in [-0.2, 0) is 6.54 Å². The van der Waals surface area contributed by atoms with Gasteiger partial charge < -0.3 is 30.2 Å². The molecule has 214 valence electrons. The third kappa shape index (κ3) is 7.17. The molecule has 0 spiro atoms. The number of nitrogens with one attached hydrogen (secondary N) is 1. The van der Waals surface area contributed by atoms with Gasteiger partial charge in [-0.25, -0.2) is 0 Å². The molecule has 1 amide bonds. The first-order valence-corrected chi connectivity index (χ1v) is 13.3. The van der Waals surface area contributed by atoms with E-state index in [0.29, 0.717) is 34.9 Å². The average Bonchev–Trinajstić information content (AvgIpc) is 3.03. The van der Waals surface area contributed by atoms with Crippen LogP contribution in [0.4, 0.5) is 11.5 Å². The maximum Gasteiger partial charge on any atom is 0.327 e. The predicted octanol–water partition coefficient (Wildman–Crippen LogP) is 6.62. The Morgan fingerprint density at radius 2 is 1.56 bits per heavy atom. The van der Waals surface area contributed by atoms with Gasteiger partial charge in [-0.15, -0.1) is 0 Å². The first-order valence-electron chi connectivity index (χ1n) is 13.3. The molecule has 0 aliphatic rings. The second kappa shape index (κ2) is 13.1. The lowest BCUT2D eigenvalue weighted by atomic mass is 10.2. The summed E-state index contributed by atoms with van der Waals surface area (Å²) < 4.78 is 18.2. The van der Waals surface area contributed by atoms with Crippen LogP contribution in [0.15, 0.2) is 103 Å². The summed E-state index contributed by atoms with van der Waals surface area (Å²) in [5, 5.41) is 12.7. The zero-order valence-electron chi connectivity index (χ0n) is 23.5. The molecule has 0 saturated heterocycles. The van der Waals surface area contributed by atoms with Gasteiger partial charge in [0.05, 0.1) is 11.6 Å². The molecule has 0 radical (unpaired) electrons. The molecule has 3 N–H and O–H groups in total. The molecule has 1 heterocycles. The van der Waals surface area contributed by atoms with Crippen molar-refractivity contribution in [3.8, 4) is 41.0 Å². The van der Waals surface area contributed by atoms with Crippen LogP contribution in [0.2, 0.25) is 0 Å². The van der Waals surface area contributed by atoms with E-state index in [9.17, 15) is 10.1 Å². The van der Waals surface area contributed by atoms with Gasteiger partial charge in [-0.3, -0.25) is 4.79 Å². The van der Waals surface area contributed by atoms with Gasteiger partial charge >= 0.3 is 6.01 Å². The summed E-state index contributed by atoms with van der Waals surface area (Å²) in [5.41, 5.74) is 8.40. The zero-order chi connectivity index (χ0) is 30.2. The van der Waals surface area contributed by atoms with Gasteiger partial charge in [0.25, 0.3) is 11.8 Å². The SMILES string of the molecule is CN(C)C(=O)c1cccc(Oc2nc(Oc3cc(C#N)ccc3Oc3ccccc3)nc(NCc3ccccc3)c2N)c1. The third-order valence-corrected chi connectivity index (χ3v) is 6.14. The molecular weight excluding hydrogens is 544 g/mol. The molecule has 0 fully saturated rings. The maximum atomic E-state index is 12.5. The molecule has 0 aliphatic carbocycles. The van der Waals surface area contributed by atoms with E-state index in [1.165, 1.54) is 11.0 Å². The Labute approximate surface area is 248 Å². The highest BCUT2D eigenvalue weighted by Crippen LogP contribution is 2.38. The highest BCUT2D eigenvalue weighted by Gasteiger charge is 2.19. The first-order chi connectivity index (χ1) is 20.9. The molecule has 10 heteroatoms. The quantitative estimate of drug-likeness (QED) is 0.189. The average molecular weight is 573 g/mol. The Balaban J connectivity index is 1.51. The van der Waals surface area contributed by atoms with Gasteiger partial charge in [0.1, 0.15) is 17.2 Å². The van der Waals surface area contributed by atoms with E-state index in [0.717, 1.165) is 5.56 Å². The number of para-hydroxylation sites is 1. The van der Waals surface area contributed by atoms with Crippen molar-refractivity contribution in [2.75, 3.05) is 25.1 Å². The number of carbonyl (C=O) groups is 1. The van der Waals surface area contributed by atoms with Crippen LogP contribution in [0.25, 0.3) is 0 Å². The van der Waals surface area contributed by atoms with E-state index in [-0.39, 0.29) is 35.1 Å². The number of hydrogen-bond donors (Lipinski definition) is 2. The van der Waals surface area contributed by atoms with E-state index in [2.05, 4.69) is 21.4 Å².